The second kappa shape index (κ2) is 7.13. The molecular weight excluding hydrogens is 364 g/mol. The van der Waals surface area contributed by atoms with Crippen molar-refractivity contribution in [3.05, 3.63) is 60.6 Å². The standard InChI is InChI=1S/C19H20N4O3S/c1-26-17-7-5-15(6-8-17)19-12-16-14-22(10-3-11-23(16)21-19)27(24,25)18-4-2-9-20-13-18/h2,4-9,12-13H,3,10-11,14H2,1H3. The highest BCUT2D eigenvalue weighted by atomic mass is 32.2. The van der Waals surface area contributed by atoms with E-state index in [4.69, 9.17) is 4.74 Å². The van der Waals surface area contributed by atoms with Gasteiger partial charge in [-0.15, -0.1) is 0 Å². The van der Waals surface area contributed by atoms with Crippen molar-refractivity contribution in [1.82, 2.24) is 19.1 Å². The second-order valence-corrected chi connectivity index (χ2v) is 8.29. The smallest absolute Gasteiger partial charge is 0.244 e. The van der Waals surface area contributed by atoms with Crippen LogP contribution in [-0.4, -0.2) is 41.1 Å². The summed E-state index contributed by atoms with van der Waals surface area (Å²) in [6, 6.07) is 12.8. The lowest BCUT2D eigenvalue weighted by Gasteiger charge is -2.19. The largest absolute Gasteiger partial charge is 0.497 e. The van der Waals surface area contributed by atoms with Crippen molar-refractivity contribution in [2.75, 3.05) is 13.7 Å². The molecule has 0 bridgehead atoms. The number of methoxy groups -OCH3 is 1. The molecule has 0 atom stereocenters. The number of pyridine rings is 1. The molecule has 0 unspecified atom stereocenters. The molecule has 1 aliphatic heterocycles. The average Bonchev–Trinajstić information content (AvgIpc) is 2.99. The Bertz CT molecular complexity index is 1030. The molecule has 7 nitrogen and oxygen atoms in total. The van der Waals surface area contributed by atoms with Gasteiger partial charge in [0, 0.05) is 31.0 Å². The first-order valence-electron chi connectivity index (χ1n) is 8.69. The highest BCUT2D eigenvalue weighted by molar-refractivity contribution is 7.89. The van der Waals surface area contributed by atoms with Gasteiger partial charge in [-0.05, 0) is 48.9 Å². The lowest BCUT2D eigenvalue weighted by Crippen LogP contribution is -2.30. The molecule has 0 N–H and O–H groups in total. The summed E-state index contributed by atoms with van der Waals surface area (Å²) in [6.07, 6.45) is 3.66. The van der Waals surface area contributed by atoms with Crippen molar-refractivity contribution in [2.24, 2.45) is 0 Å². The predicted octanol–water partition coefficient (Wildman–Crippen LogP) is 2.55. The quantitative estimate of drug-likeness (QED) is 0.691. The number of aryl methyl sites for hydroxylation is 1. The van der Waals surface area contributed by atoms with Gasteiger partial charge >= 0.3 is 0 Å². The molecule has 0 aliphatic carbocycles. The Kier molecular flexibility index (Phi) is 4.67. The fourth-order valence-corrected chi connectivity index (χ4v) is 4.60. The summed E-state index contributed by atoms with van der Waals surface area (Å²) in [7, 11) is -1.95. The zero-order valence-corrected chi connectivity index (χ0v) is 15.8. The maximum atomic E-state index is 12.9. The molecular formula is C19H20N4O3S. The third-order valence-corrected chi connectivity index (χ3v) is 6.47. The van der Waals surface area contributed by atoms with Crippen LogP contribution >= 0.6 is 0 Å². The second-order valence-electron chi connectivity index (χ2n) is 6.35. The van der Waals surface area contributed by atoms with Crippen LogP contribution < -0.4 is 4.74 Å². The van der Waals surface area contributed by atoms with Crippen molar-refractivity contribution in [3.63, 3.8) is 0 Å². The number of hydrogen-bond acceptors (Lipinski definition) is 5. The molecule has 2 aromatic heterocycles. The van der Waals surface area contributed by atoms with E-state index in [-0.39, 0.29) is 4.90 Å². The summed E-state index contributed by atoms with van der Waals surface area (Å²) in [6.45, 7) is 1.43. The van der Waals surface area contributed by atoms with Gasteiger partial charge in [-0.2, -0.15) is 9.40 Å². The number of sulfonamides is 1. The van der Waals surface area contributed by atoms with Gasteiger partial charge in [0.25, 0.3) is 0 Å². The lowest BCUT2D eigenvalue weighted by molar-refractivity contribution is 0.409. The molecule has 3 aromatic rings. The summed E-state index contributed by atoms with van der Waals surface area (Å²) in [5.41, 5.74) is 2.68. The molecule has 0 radical (unpaired) electrons. The van der Waals surface area contributed by atoms with E-state index in [1.165, 1.54) is 10.5 Å². The van der Waals surface area contributed by atoms with Crippen molar-refractivity contribution < 1.29 is 13.2 Å². The van der Waals surface area contributed by atoms with E-state index < -0.39 is 10.0 Å². The fraction of sp³-hybridized carbons (Fsp3) is 0.263. The molecule has 1 aromatic carbocycles. The Morgan fingerprint density at radius 2 is 1.93 bits per heavy atom. The van der Waals surface area contributed by atoms with Crippen LogP contribution in [-0.2, 0) is 23.1 Å². The first-order chi connectivity index (χ1) is 13.1. The maximum absolute atomic E-state index is 12.9. The van der Waals surface area contributed by atoms with Crippen LogP contribution in [0.1, 0.15) is 12.1 Å². The highest BCUT2D eigenvalue weighted by Crippen LogP contribution is 2.26. The van der Waals surface area contributed by atoms with Gasteiger partial charge < -0.3 is 4.74 Å². The van der Waals surface area contributed by atoms with Crippen LogP contribution in [0.2, 0.25) is 0 Å². The van der Waals surface area contributed by atoms with Crippen LogP contribution in [0.25, 0.3) is 11.3 Å². The fourth-order valence-electron chi connectivity index (χ4n) is 3.19. The summed E-state index contributed by atoms with van der Waals surface area (Å²) in [5.74, 6) is 0.785. The third-order valence-electron chi connectivity index (χ3n) is 4.64. The predicted molar refractivity (Wildman–Crippen MR) is 101 cm³/mol. The van der Waals surface area contributed by atoms with E-state index in [9.17, 15) is 8.42 Å². The third kappa shape index (κ3) is 3.45. The SMILES string of the molecule is COc1ccc(-c2cc3n(n2)CCCN(S(=O)(=O)c2cccnc2)C3)cc1. The van der Waals surface area contributed by atoms with Crippen LogP contribution in [0.3, 0.4) is 0 Å². The number of rotatable bonds is 4. The Labute approximate surface area is 158 Å². The molecule has 3 heterocycles. The number of aromatic nitrogens is 3. The minimum atomic E-state index is -3.58. The highest BCUT2D eigenvalue weighted by Gasteiger charge is 2.28. The van der Waals surface area contributed by atoms with Crippen molar-refractivity contribution >= 4 is 10.0 Å². The monoisotopic (exact) mass is 384 g/mol. The zero-order chi connectivity index (χ0) is 18.9. The van der Waals surface area contributed by atoms with Crippen molar-refractivity contribution in [3.8, 4) is 17.0 Å². The Morgan fingerprint density at radius 1 is 1.11 bits per heavy atom. The van der Waals surface area contributed by atoms with E-state index >= 15 is 0 Å². The lowest BCUT2D eigenvalue weighted by atomic mass is 10.1. The summed E-state index contributed by atoms with van der Waals surface area (Å²) in [4.78, 5) is 4.15. The molecule has 27 heavy (non-hydrogen) atoms. The van der Waals surface area contributed by atoms with Gasteiger partial charge in [-0.25, -0.2) is 8.42 Å². The molecule has 1 aliphatic rings. The summed E-state index contributed by atoms with van der Waals surface area (Å²) < 4.78 is 34.5. The number of fused-ring (bicyclic) bond motifs is 1. The number of hydrogen-bond donors (Lipinski definition) is 0. The van der Waals surface area contributed by atoms with E-state index in [0.717, 1.165) is 22.7 Å². The molecule has 140 valence electrons. The van der Waals surface area contributed by atoms with E-state index in [2.05, 4.69) is 10.1 Å². The van der Waals surface area contributed by atoms with E-state index in [1.807, 2.05) is 35.0 Å². The molecule has 0 amide bonds. The number of ether oxygens (including phenoxy) is 1. The molecule has 0 fully saturated rings. The summed E-state index contributed by atoms with van der Waals surface area (Å²) >= 11 is 0. The Balaban J connectivity index is 1.63. The van der Waals surface area contributed by atoms with E-state index in [0.29, 0.717) is 26.1 Å². The summed E-state index contributed by atoms with van der Waals surface area (Å²) in [5, 5.41) is 4.67. The Morgan fingerprint density at radius 3 is 2.63 bits per heavy atom. The van der Waals surface area contributed by atoms with Crippen molar-refractivity contribution in [1.29, 1.82) is 0 Å². The average molecular weight is 384 g/mol. The van der Waals surface area contributed by atoms with Gasteiger partial charge in [0.15, 0.2) is 0 Å². The molecule has 4 rings (SSSR count). The first-order valence-corrected chi connectivity index (χ1v) is 10.1. The minimum Gasteiger partial charge on any atom is -0.497 e. The van der Waals surface area contributed by atoms with Crippen LogP contribution in [0.15, 0.2) is 59.8 Å². The van der Waals surface area contributed by atoms with Gasteiger partial charge in [-0.1, -0.05) is 0 Å². The molecule has 8 heteroatoms. The Hall–Kier alpha value is -2.71. The minimum absolute atomic E-state index is 0.216. The topological polar surface area (TPSA) is 77.3 Å². The van der Waals surface area contributed by atoms with Crippen molar-refractivity contribution in [2.45, 2.75) is 24.4 Å². The molecule has 0 saturated heterocycles. The number of nitrogens with zero attached hydrogens (tertiary/aromatic N) is 4. The van der Waals surface area contributed by atoms with E-state index in [1.54, 1.807) is 25.4 Å². The van der Waals surface area contributed by atoms with Crippen LogP contribution in [0.4, 0.5) is 0 Å². The first kappa shape index (κ1) is 17.7. The van der Waals surface area contributed by atoms with Gasteiger partial charge in [0.1, 0.15) is 10.6 Å². The van der Waals surface area contributed by atoms with Gasteiger partial charge in [0.2, 0.25) is 10.0 Å². The molecule has 0 spiro atoms. The molecule has 0 saturated carbocycles. The van der Waals surface area contributed by atoms with Crippen LogP contribution in [0.5, 0.6) is 5.75 Å². The van der Waals surface area contributed by atoms with Crippen LogP contribution in [0, 0.1) is 0 Å². The van der Waals surface area contributed by atoms with Gasteiger partial charge in [0.05, 0.1) is 25.0 Å². The maximum Gasteiger partial charge on any atom is 0.244 e. The zero-order valence-electron chi connectivity index (χ0n) is 14.9. The normalized spacial score (nSPS) is 15.1. The number of benzene rings is 1. The van der Waals surface area contributed by atoms with Gasteiger partial charge in [-0.3, -0.25) is 9.67 Å².